The Morgan fingerprint density at radius 3 is 2.44 bits per heavy atom. The number of hydrogen-bond acceptors (Lipinski definition) is 2. The third-order valence-corrected chi connectivity index (χ3v) is 2.64. The number of ether oxygens (including phenoxy) is 2. The minimum Gasteiger partial charge on any atom is -0.496 e. The largest absolute Gasteiger partial charge is 0.496 e. The van der Waals surface area contributed by atoms with E-state index in [2.05, 4.69) is 6.58 Å². The molecule has 0 aliphatic heterocycles. The first-order valence-electron chi connectivity index (χ1n) is 5.82. The van der Waals surface area contributed by atoms with Crippen LogP contribution in [0.5, 0.6) is 11.5 Å². The molecule has 0 aromatic heterocycles. The Morgan fingerprint density at radius 1 is 1.06 bits per heavy atom. The average molecular weight is 240 g/mol. The summed E-state index contributed by atoms with van der Waals surface area (Å²) in [6.45, 7) is 4.14. The van der Waals surface area contributed by atoms with Crippen molar-refractivity contribution in [3.63, 3.8) is 0 Å². The number of methoxy groups -OCH3 is 1. The predicted molar refractivity (Wildman–Crippen MR) is 74.1 cm³/mol. The Morgan fingerprint density at radius 2 is 1.78 bits per heavy atom. The van der Waals surface area contributed by atoms with Gasteiger partial charge >= 0.3 is 0 Å². The summed E-state index contributed by atoms with van der Waals surface area (Å²) in [7, 11) is 1.68. The third kappa shape index (κ3) is 2.72. The minimum atomic E-state index is 0.522. The standard InChI is InChI=1S/C16H16O2/c1-3-12-18-14-10-8-13(9-11-14)15-6-4-5-7-16(15)17-2/h3-11H,1,12H2,2H3. The lowest BCUT2D eigenvalue weighted by Gasteiger charge is -2.09. The summed E-state index contributed by atoms with van der Waals surface area (Å²) in [5.41, 5.74) is 2.19. The first kappa shape index (κ1) is 12.2. The second kappa shape index (κ2) is 5.92. The van der Waals surface area contributed by atoms with Crippen molar-refractivity contribution in [1.82, 2.24) is 0 Å². The van der Waals surface area contributed by atoms with E-state index in [0.29, 0.717) is 6.61 Å². The van der Waals surface area contributed by atoms with Gasteiger partial charge in [-0.25, -0.2) is 0 Å². The SMILES string of the molecule is C=CCOc1ccc(-c2ccccc2OC)cc1. The summed E-state index contributed by atoms with van der Waals surface area (Å²) in [4.78, 5) is 0. The van der Waals surface area contributed by atoms with E-state index < -0.39 is 0 Å². The van der Waals surface area contributed by atoms with E-state index in [9.17, 15) is 0 Å². The Labute approximate surface area is 107 Å². The maximum atomic E-state index is 5.45. The van der Waals surface area contributed by atoms with Gasteiger partial charge in [-0.05, 0) is 23.8 Å². The van der Waals surface area contributed by atoms with Gasteiger partial charge in [-0.3, -0.25) is 0 Å². The molecule has 0 unspecified atom stereocenters. The molecule has 0 heterocycles. The molecule has 0 bridgehead atoms. The van der Waals surface area contributed by atoms with Crippen molar-refractivity contribution < 1.29 is 9.47 Å². The molecule has 2 heteroatoms. The lowest BCUT2D eigenvalue weighted by atomic mass is 10.0. The van der Waals surface area contributed by atoms with Crippen LogP contribution in [0, 0.1) is 0 Å². The molecule has 0 spiro atoms. The Hall–Kier alpha value is -2.22. The molecule has 2 nitrogen and oxygen atoms in total. The van der Waals surface area contributed by atoms with Gasteiger partial charge in [0, 0.05) is 5.56 Å². The normalized spacial score (nSPS) is 9.83. The van der Waals surface area contributed by atoms with Gasteiger partial charge < -0.3 is 9.47 Å². The van der Waals surface area contributed by atoms with Crippen molar-refractivity contribution in [2.75, 3.05) is 13.7 Å². The van der Waals surface area contributed by atoms with Gasteiger partial charge in [0.2, 0.25) is 0 Å². The molecule has 0 atom stereocenters. The van der Waals surface area contributed by atoms with E-state index >= 15 is 0 Å². The van der Waals surface area contributed by atoms with Crippen molar-refractivity contribution >= 4 is 0 Å². The van der Waals surface area contributed by atoms with Crippen LogP contribution in [-0.2, 0) is 0 Å². The lowest BCUT2D eigenvalue weighted by Crippen LogP contribution is -1.92. The van der Waals surface area contributed by atoms with Crippen molar-refractivity contribution in [3.8, 4) is 22.6 Å². The van der Waals surface area contributed by atoms with Gasteiger partial charge in [0.15, 0.2) is 0 Å². The van der Waals surface area contributed by atoms with Gasteiger partial charge in [0.1, 0.15) is 18.1 Å². The monoisotopic (exact) mass is 240 g/mol. The van der Waals surface area contributed by atoms with Crippen LogP contribution in [0.4, 0.5) is 0 Å². The van der Waals surface area contributed by atoms with Crippen LogP contribution in [0.25, 0.3) is 11.1 Å². The first-order valence-corrected chi connectivity index (χ1v) is 5.82. The fourth-order valence-corrected chi connectivity index (χ4v) is 1.77. The average Bonchev–Trinajstić information content (AvgIpc) is 2.45. The molecule has 0 N–H and O–H groups in total. The summed E-state index contributed by atoms with van der Waals surface area (Å²) in [5, 5.41) is 0. The third-order valence-electron chi connectivity index (χ3n) is 2.64. The zero-order chi connectivity index (χ0) is 12.8. The molecule has 0 aliphatic carbocycles. The summed E-state index contributed by atoms with van der Waals surface area (Å²) < 4.78 is 10.8. The van der Waals surface area contributed by atoms with E-state index in [0.717, 1.165) is 22.6 Å². The summed E-state index contributed by atoms with van der Waals surface area (Å²) >= 11 is 0. The van der Waals surface area contributed by atoms with Crippen molar-refractivity contribution in [2.45, 2.75) is 0 Å². The van der Waals surface area contributed by atoms with Crippen LogP contribution in [0.1, 0.15) is 0 Å². The van der Waals surface area contributed by atoms with E-state index in [1.54, 1.807) is 13.2 Å². The zero-order valence-corrected chi connectivity index (χ0v) is 10.4. The summed E-state index contributed by atoms with van der Waals surface area (Å²) in [6.07, 6.45) is 1.73. The van der Waals surface area contributed by atoms with Crippen LogP contribution in [0.2, 0.25) is 0 Å². The van der Waals surface area contributed by atoms with Crippen LogP contribution in [0.15, 0.2) is 61.2 Å². The fraction of sp³-hybridized carbons (Fsp3) is 0.125. The Kier molecular flexibility index (Phi) is 4.02. The molecular formula is C16H16O2. The highest BCUT2D eigenvalue weighted by Crippen LogP contribution is 2.30. The number of hydrogen-bond donors (Lipinski definition) is 0. The quantitative estimate of drug-likeness (QED) is 0.737. The molecule has 18 heavy (non-hydrogen) atoms. The zero-order valence-electron chi connectivity index (χ0n) is 10.4. The highest BCUT2D eigenvalue weighted by molar-refractivity contribution is 5.70. The highest BCUT2D eigenvalue weighted by atomic mass is 16.5. The fourth-order valence-electron chi connectivity index (χ4n) is 1.77. The molecule has 0 aliphatic rings. The molecule has 2 aromatic rings. The van der Waals surface area contributed by atoms with Crippen molar-refractivity contribution in [2.24, 2.45) is 0 Å². The maximum Gasteiger partial charge on any atom is 0.126 e. The summed E-state index contributed by atoms with van der Waals surface area (Å²) in [6, 6.07) is 15.9. The number of para-hydroxylation sites is 1. The lowest BCUT2D eigenvalue weighted by molar-refractivity contribution is 0.363. The van der Waals surface area contributed by atoms with Crippen LogP contribution in [0.3, 0.4) is 0 Å². The van der Waals surface area contributed by atoms with Crippen LogP contribution < -0.4 is 9.47 Å². The van der Waals surface area contributed by atoms with Crippen LogP contribution in [-0.4, -0.2) is 13.7 Å². The molecule has 2 aromatic carbocycles. The van der Waals surface area contributed by atoms with Gasteiger partial charge in [0.25, 0.3) is 0 Å². The summed E-state index contributed by atoms with van der Waals surface area (Å²) in [5.74, 6) is 1.71. The van der Waals surface area contributed by atoms with E-state index in [-0.39, 0.29) is 0 Å². The van der Waals surface area contributed by atoms with Crippen molar-refractivity contribution in [3.05, 3.63) is 61.2 Å². The Bertz CT molecular complexity index is 515. The van der Waals surface area contributed by atoms with Gasteiger partial charge in [-0.15, -0.1) is 0 Å². The smallest absolute Gasteiger partial charge is 0.126 e. The molecule has 92 valence electrons. The van der Waals surface area contributed by atoms with E-state index in [4.69, 9.17) is 9.47 Å². The topological polar surface area (TPSA) is 18.5 Å². The minimum absolute atomic E-state index is 0.522. The number of benzene rings is 2. The molecule has 2 rings (SSSR count). The van der Waals surface area contributed by atoms with Crippen LogP contribution >= 0.6 is 0 Å². The first-order chi connectivity index (χ1) is 8.85. The molecule has 0 amide bonds. The highest BCUT2D eigenvalue weighted by Gasteiger charge is 2.04. The second-order valence-electron chi connectivity index (χ2n) is 3.82. The van der Waals surface area contributed by atoms with Crippen molar-refractivity contribution in [1.29, 1.82) is 0 Å². The van der Waals surface area contributed by atoms with Gasteiger partial charge in [0.05, 0.1) is 7.11 Å². The second-order valence-corrected chi connectivity index (χ2v) is 3.82. The molecule has 0 saturated carbocycles. The molecule has 0 radical (unpaired) electrons. The number of rotatable bonds is 5. The Balaban J connectivity index is 2.25. The molecule has 0 saturated heterocycles. The van der Waals surface area contributed by atoms with Gasteiger partial charge in [-0.2, -0.15) is 0 Å². The van der Waals surface area contributed by atoms with Gasteiger partial charge in [-0.1, -0.05) is 43.0 Å². The van der Waals surface area contributed by atoms with E-state index in [1.807, 2.05) is 48.5 Å². The molecular weight excluding hydrogens is 224 g/mol. The maximum absolute atomic E-state index is 5.45. The molecule has 0 fully saturated rings. The predicted octanol–water partition coefficient (Wildman–Crippen LogP) is 3.93. The van der Waals surface area contributed by atoms with E-state index in [1.165, 1.54) is 0 Å².